The largest absolute Gasteiger partial charge is 0.481 e. The molecule has 0 bridgehead atoms. The summed E-state index contributed by atoms with van der Waals surface area (Å²) < 4.78 is 5.36. The van der Waals surface area contributed by atoms with Crippen LogP contribution >= 0.6 is 0 Å². The van der Waals surface area contributed by atoms with Gasteiger partial charge in [0.2, 0.25) is 0 Å². The fourth-order valence-corrected chi connectivity index (χ4v) is 8.03. The summed E-state index contributed by atoms with van der Waals surface area (Å²) in [4.78, 5) is 23.2. The number of carbonyl (C=O) groups excluding carboxylic acids is 1. The number of hydrogen-bond donors (Lipinski definition) is 1. The third kappa shape index (κ3) is 54.4. The molecule has 4 heteroatoms. The Morgan fingerprint density at radius 2 is 0.633 bits per heavy atom. The molecule has 0 radical (unpaired) electrons. The number of unbranched alkanes of at least 4 members (excludes halogenated alkanes) is 35. The highest BCUT2D eigenvalue weighted by Crippen LogP contribution is 2.20. The van der Waals surface area contributed by atoms with Crippen molar-refractivity contribution in [2.24, 2.45) is 5.92 Å². The summed E-state index contributed by atoms with van der Waals surface area (Å²) in [5.74, 6) is -0.673. The van der Waals surface area contributed by atoms with E-state index in [0.717, 1.165) is 44.9 Å². The van der Waals surface area contributed by atoms with Crippen molar-refractivity contribution in [3.8, 4) is 0 Å². The Hall–Kier alpha value is -1.58. The van der Waals surface area contributed by atoms with Crippen molar-refractivity contribution in [3.05, 3.63) is 24.3 Å². The molecule has 4 nitrogen and oxygen atoms in total. The lowest BCUT2D eigenvalue weighted by Crippen LogP contribution is -2.13. The maximum absolute atomic E-state index is 11.8. The minimum atomic E-state index is -0.574. The van der Waals surface area contributed by atoms with Gasteiger partial charge in [-0.2, -0.15) is 0 Å². The first-order chi connectivity index (χ1) is 29.5. The van der Waals surface area contributed by atoms with E-state index in [4.69, 9.17) is 4.74 Å². The summed E-state index contributed by atoms with van der Waals surface area (Å²) in [6, 6.07) is 0. The highest BCUT2D eigenvalue weighted by molar-refractivity contribution is 5.70. The molecule has 0 aromatic rings. The molecule has 0 aromatic heterocycles. The number of esters is 1. The number of allylic oxidation sites excluding steroid dienone is 4. The Kier molecular flexibility index (Phi) is 55.9. The number of carbonyl (C=O) groups is 2. The Bertz CT molecular complexity index is 876. The molecule has 0 saturated heterocycles. The highest BCUT2D eigenvalue weighted by atomic mass is 16.5. The zero-order valence-corrected chi connectivity index (χ0v) is 41.4. The van der Waals surface area contributed by atoms with E-state index in [0.29, 0.717) is 13.0 Å². The second kappa shape index (κ2) is 55.4. The monoisotopic (exact) mass is 845 g/mol. The van der Waals surface area contributed by atoms with E-state index in [2.05, 4.69) is 52.0 Å². The van der Waals surface area contributed by atoms with Gasteiger partial charge < -0.3 is 9.84 Å². The molecule has 0 aliphatic carbocycles. The predicted octanol–water partition coefficient (Wildman–Crippen LogP) is 19.6. The van der Waals surface area contributed by atoms with Crippen molar-refractivity contribution in [1.29, 1.82) is 0 Å². The average Bonchev–Trinajstić information content (AvgIpc) is 3.24. The van der Waals surface area contributed by atoms with Crippen molar-refractivity contribution in [3.63, 3.8) is 0 Å². The molecule has 356 valence electrons. The van der Waals surface area contributed by atoms with Crippen LogP contribution in [0.5, 0.6) is 0 Å². The lowest BCUT2D eigenvalue weighted by atomic mass is 9.94. The van der Waals surface area contributed by atoms with E-state index in [1.54, 1.807) is 0 Å². The number of rotatable bonds is 48. The first-order valence-electron chi connectivity index (χ1n) is 27.2. The maximum Gasteiger partial charge on any atom is 0.306 e. The quantitative estimate of drug-likeness (QED) is 0.0376. The van der Waals surface area contributed by atoms with Gasteiger partial charge in [-0.05, 0) is 77.0 Å². The Morgan fingerprint density at radius 3 is 0.950 bits per heavy atom. The lowest BCUT2D eigenvalue weighted by Gasteiger charge is -2.12. The van der Waals surface area contributed by atoms with Crippen molar-refractivity contribution in [2.45, 2.75) is 310 Å². The van der Waals surface area contributed by atoms with Gasteiger partial charge in [0.25, 0.3) is 0 Å². The first kappa shape index (κ1) is 60.5. The summed E-state index contributed by atoms with van der Waals surface area (Å²) in [6.45, 7) is 9.67. The SMILES string of the molecule is CCCCCCCC/C=C\CCCCCCC(CCCCCCCCCC)C(=O)O.CCCCCCCC/C=C\CCCCCCCC(=O)OCCCCCCCCCC. The molecule has 0 aliphatic rings. The summed E-state index contributed by atoms with van der Waals surface area (Å²) in [6.07, 6.45) is 64.6. The van der Waals surface area contributed by atoms with Gasteiger partial charge in [-0.1, -0.05) is 251 Å². The highest BCUT2D eigenvalue weighted by Gasteiger charge is 2.16. The number of carboxylic acids is 1. The van der Waals surface area contributed by atoms with Crippen LogP contribution in [0.15, 0.2) is 24.3 Å². The van der Waals surface area contributed by atoms with Gasteiger partial charge in [0.05, 0.1) is 12.5 Å². The van der Waals surface area contributed by atoms with Crippen LogP contribution in [0.1, 0.15) is 310 Å². The van der Waals surface area contributed by atoms with Gasteiger partial charge >= 0.3 is 11.9 Å². The van der Waals surface area contributed by atoms with Crippen LogP contribution in [0.25, 0.3) is 0 Å². The van der Waals surface area contributed by atoms with Gasteiger partial charge in [0.1, 0.15) is 0 Å². The van der Waals surface area contributed by atoms with Gasteiger partial charge in [-0.25, -0.2) is 0 Å². The minimum absolute atomic E-state index is 0.00979. The number of aliphatic carboxylic acids is 1. The molecule has 1 unspecified atom stereocenters. The molecule has 0 aromatic carbocycles. The Labute approximate surface area is 377 Å². The van der Waals surface area contributed by atoms with Crippen LogP contribution in [0, 0.1) is 5.92 Å². The average molecular weight is 845 g/mol. The van der Waals surface area contributed by atoms with Crippen LogP contribution in [0.2, 0.25) is 0 Å². The van der Waals surface area contributed by atoms with Crippen LogP contribution < -0.4 is 0 Å². The molecule has 0 heterocycles. The van der Waals surface area contributed by atoms with Crippen molar-refractivity contribution in [1.82, 2.24) is 0 Å². The summed E-state index contributed by atoms with van der Waals surface area (Å²) in [5.41, 5.74) is 0. The number of carboxylic acid groups (broad SMARTS) is 1. The van der Waals surface area contributed by atoms with Crippen molar-refractivity contribution in [2.75, 3.05) is 6.61 Å². The lowest BCUT2D eigenvalue weighted by molar-refractivity contribution is -0.144. The van der Waals surface area contributed by atoms with E-state index in [1.807, 2.05) is 0 Å². The van der Waals surface area contributed by atoms with Crippen LogP contribution in [0.3, 0.4) is 0 Å². The molecule has 0 spiro atoms. The molecular weight excluding hydrogens is 737 g/mol. The standard InChI is InChI=1S/2C28H54O2/c1-3-5-7-9-11-13-14-15-16-17-18-19-20-22-24-26-28(29)30-27-25-23-21-12-10-8-6-4-2;1-3-5-7-9-11-13-14-15-16-17-18-20-22-24-26-27(28(29)30)25-23-21-19-12-10-8-6-4-2/h15-16H,3-14,17-27H2,1-2H3;15-16,27H,3-14,17-26H2,1-2H3,(H,29,30)/b2*16-15-. The number of hydrogen-bond acceptors (Lipinski definition) is 3. The smallest absolute Gasteiger partial charge is 0.306 e. The fraction of sp³-hybridized carbons (Fsp3) is 0.893. The molecule has 0 saturated carbocycles. The Balaban J connectivity index is 0. The summed E-state index contributed by atoms with van der Waals surface area (Å²) in [7, 11) is 0. The van der Waals surface area contributed by atoms with E-state index in [-0.39, 0.29) is 11.9 Å². The summed E-state index contributed by atoms with van der Waals surface area (Å²) >= 11 is 0. The molecule has 0 fully saturated rings. The van der Waals surface area contributed by atoms with E-state index >= 15 is 0 Å². The first-order valence-corrected chi connectivity index (χ1v) is 27.2. The van der Waals surface area contributed by atoms with E-state index < -0.39 is 5.97 Å². The van der Waals surface area contributed by atoms with Crippen LogP contribution in [0.4, 0.5) is 0 Å². The number of ether oxygens (including phenoxy) is 1. The molecule has 0 amide bonds. The second-order valence-electron chi connectivity index (χ2n) is 18.3. The van der Waals surface area contributed by atoms with Crippen molar-refractivity contribution < 1.29 is 19.4 Å². The molecule has 0 aliphatic heterocycles. The molecule has 1 atom stereocenters. The van der Waals surface area contributed by atoms with Crippen LogP contribution in [-0.4, -0.2) is 23.7 Å². The molecule has 0 rings (SSSR count). The normalized spacial score (nSPS) is 12.0. The zero-order chi connectivity index (χ0) is 44.1. The fourth-order valence-electron chi connectivity index (χ4n) is 8.03. The third-order valence-corrected chi connectivity index (χ3v) is 12.2. The summed E-state index contributed by atoms with van der Waals surface area (Å²) in [5, 5.41) is 9.47. The predicted molar refractivity (Wildman–Crippen MR) is 266 cm³/mol. The van der Waals surface area contributed by atoms with Crippen molar-refractivity contribution >= 4 is 11.9 Å². The van der Waals surface area contributed by atoms with Gasteiger partial charge in [0.15, 0.2) is 0 Å². The van der Waals surface area contributed by atoms with E-state index in [9.17, 15) is 14.7 Å². The molecular formula is C56H108O4. The van der Waals surface area contributed by atoms with Gasteiger partial charge in [0, 0.05) is 6.42 Å². The maximum atomic E-state index is 11.8. The minimum Gasteiger partial charge on any atom is -0.481 e. The van der Waals surface area contributed by atoms with Crippen LogP contribution in [-0.2, 0) is 14.3 Å². The van der Waals surface area contributed by atoms with Gasteiger partial charge in [-0.3, -0.25) is 9.59 Å². The molecule has 60 heavy (non-hydrogen) atoms. The van der Waals surface area contributed by atoms with Gasteiger partial charge in [-0.15, -0.1) is 0 Å². The molecule has 1 N–H and O–H groups in total. The third-order valence-electron chi connectivity index (χ3n) is 12.2. The zero-order valence-electron chi connectivity index (χ0n) is 41.4. The Morgan fingerprint density at radius 1 is 0.367 bits per heavy atom. The second-order valence-corrected chi connectivity index (χ2v) is 18.3. The van der Waals surface area contributed by atoms with E-state index in [1.165, 1.54) is 231 Å². The topological polar surface area (TPSA) is 63.6 Å².